The van der Waals surface area contributed by atoms with Crippen LogP contribution in [-0.4, -0.2) is 44.8 Å². The first-order valence-corrected chi connectivity index (χ1v) is 9.81. The van der Waals surface area contributed by atoms with Gasteiger partial charge in [-0.25, -0.2) is 4.98 Å². The maximum absolute atomic E-state index is 12.5. The quantitative estimate of drug-likeness (QED) is 0.643. The predicted molar refractivity (Wildman–Crippen MR) is 105 cm³/mol. The number of ketones is 1. The van der Waals surface area contributed by atoms with Crippen LogP contribution in [0.25, 0.3) is 10.9 Å². The minimum atomic E-state index is -0.156. The maximum atomic E-state index is 12.5. The summed E-state index contributed by atoms with van der Waals surface area (Å²) >= 11 is 0. The third kappa shape index (κ3) is 4.26. The summed E-state index contributed by atoms with van der Waals surface area (Å²) in [5.74, 6) is 0.610. The number of nitrogens with zero attached hydrogens (tertiary/aromatic N) is 3. The Hall–Kier alpha value is -3.29. The lowest BCUT2D eigenvalue weighted by atomic mass is 9.90. The van der Waals surface area contributed by atoms with Gasteiger partial charge in [0.15, 0.2) is 5.78 Å². The molecule has 0 spiro atoms. The van der Waals surface area contributed by atoms with Crippen molar-refractivity contribution in [1.82, 2.24) is 20.0 Å². The van der Waals surface area contributed by atoms with Crippen molar-refractivity contribution in [3.05, 3.63) is 58.5 Å². The van der Waals surface area contributed by atoms with E-state index in [2.05, 4.69) is 15.1 Å². The Morgan fingerprint density at radius 1 is 1.21 bits per heavy atom. The second kappa shape index (κ2) is 8.38. The molecule has 8 nitrogen and oxygen atoms in total. The van der Waals surface area contributed by atoms with Crippen molar-refractivity contribution in [3.8, 4) is 0 Å². The number of fused-ring (bicyclic) bond motifs is 1. The normalized spacial score (nSPS) is 15.0. The molecule has 0 saturated carbocycles. The molecule has 0 aliphatic carbocycles. The van der Waals surface area contributed by atoms with Crippen LogP contribution in [0.2, 0.25) is 0 Å². The second-order valence-corrected chi connectivity index (χ2v) is 7.32. The van der Waals surface area contributed by atoms with Gasteiger partial charge in [-0.1, -0.05) is 17.3 Å². The number of piperidine rings is 1. The van der Waals surface area contributed by atoms with Crippen molar-refractivity contribution in [2.45, 2.75) is 32.1 Å². The third-order valence-electron chi connectivity index (χ3n) is 5.40. The van der Waals surface area contributed by atoms with Crippen LogP contribution < -0.4 is 5.56 Å². The molecule has 29 heavy (non-hydrogen) atoms. The van der Waals surface area contributed by atoms with Gasteiger partial charge in [0.1, 0.15) is 12.1 Å². The SMILES string of the molecule is O=C(c1cnoc1)C1CCN(C(=O)CCCc2nc3ccccc3c(=O)[nH]2)CC1. The van der Waals surface area contributed by atoms with Crippen LogP contribution >= 0.6 is 0 Å². The fraction of sp³-hybridized carbons (Fsp3) is 0.381. The van der Waals surface area contributed by atoms with E-state index in [4.69, 9.17) is 4.52 Å². The zero-order valence-corrected chi connectivity index (χ0v) is 16.0. The molecule has 1 fully saturated rings. The minimum absolute atomic E-state index is 0.0321. The number of carbonyl (C=O) groups is 2. The zero-order valence-electron chi connectivity index (χ0n) is 16.0. The molecular formula is C21H22N4O4. The maximum Gasteiger partial charge on any atom is 0.258 e. The monoisotopic (exact) mass is 394 g/mol. The number of aromatic amines is 1. The Morgan fingerprint density at radius 2 is 2.00 bits per heavy atom. The highest BCUT2D eigenvalue weighted by Gasteiger charge is 2.28. The largest absolute Gasteiger partial charge is 0.364 e. The van der Waals surface area contributed by atoms with E-state index in [1.54, 1.807) is 12.1 Å². The Morgan fingerprint density at radius 3 is 2.76 bits per heavy atom. The molecule has 3 heterocycles. The summed E-state index contributed by atoms with van der Waals surface area (Å²) in [5.41, 5.74) is 1.00. The number of hydrogen-bond donors (Lipinski definition) is 1. The summed E-state index contributed by atoms with van der Waals surface area (Å²) in [4.78, 5) is 46.0. The molecule has 3 aromatic rings. The van der Waals surface area contributed by atoms with Crippen molar-refractivity contribution in [2.75, 3.05) is 13.1 Å². The van der Waals surface area contributed by atoms with Gasteiger partial charge in [0.2, 0.25) is 5.91 Å². The molecule has 8 heteroatoms. The first-order chi connectivity index (χ1) is 14.1. The van der Waals surface area contributed by atoms with Gasteiger partial charge in [0, 0.05) is 31.8 Å². The van der Waals surface area contributed by atoms with E-state index < -0.39 is 0 Å². The van der Waals surface area contributed by atoms with E-state index in [9.17, 15) is 14.4 Å². The number of para-hydroxylation sites is 1. The molecule has 0 bridgehead atoms. The fourth-order valence-electron chi connectivity index (χ4n) is 3.77. The number of aryl methyl sites for hydroxylation is 1. The van der Waals surface area contributed by atoms with Gasteiger partial charge in [-0.3, -0.25) is 14.4 Å². The highest BCUT2D eigenvalue weighted by molar-refractivity contribution is 5.97. The van der Waals surface area contributed by atoms with Crippen LogP contribution in [0.3, 0.4) is 0 Å². The standard InChI is InChI=1S/C21H22N4O4/c26-19(25-10-8-14(9-11-25)20(27)15-12-22-29-13-15)7-3-6-18-23-17-5-2-1-4-16(17)21(28)24-18/h1-2,4-5,12-14H,3,6-11H2,(H,23,24,28). The van der Waals surface area contributed by atoms with Crippen molar-refractivity contribution >= 4 is 22.6 Å². The smallest absolute Gasteiger partial charge is 0.258 e. The summed E-state index contributed by atoms with van der Waals surface area (Å²) in [5, 5.41) is 4.14. The number of rotatable bonds is 6. The number of nitrogens with one attached hydrogen (secondary N) is 1. The third-order valence-corrected chi connectivity index (χ3v) is 5.40. The number of aromatic nitrogens is 3. The van der Waals surface area contributed by atoms with Crippen LogP contribution in [-0.2, 0) is 11.2 Å². The van der Waals surface area contributed by atoms with Crippen LogP contribution in [0.5, 0.6) is 0 Å². The van der Waals surface area contributed by atoms with Crippen LogP contribution in [0, 0.1) is 5.92 Å². The number of amides is 1. The molecule has 1 amide bonds. The molecule has 0 radical (unpaired) electrons. The molecule has 1 aromatic carbocycles. The van der Waals surface area contributed by atoms with Crippen LogP contribution in [0.15, 0.2) is 46.0 Å². The van der Waals surface area contributed by atoms with E-state index in [-0.39, 0.29) is 23.2 Å². The van der Waals surface area contributed by atoms with Crippen molar-refractivity contribution in [1.29, 1.82) is 0 Å². The van der Waals surface area contributed by atoms with Gasteiger partial charge in [-0.05, 0) is 31.4 Å². The lowest BCUT2D eigenvalue weighted by molar-refractivity contribution is -0.132. The van der Waals surface area contributed by atoms with Crippen molar-refractivity contribution < 1.29 is 14.1 Å². The molecule has 4 rings (SSSR count). The Bertz CT molecular complexity index is 1070. The van der Waals surface area contributed by atoms with Gasteiger partial charge < -0.3 is 14.4 Å². The molecule has 1 aliphatic rings. The topological polar surface area (TPSA) is 109 Å². The van der Waals surface area contributed by atoms with Gasteiger partial charge in [0.05, 0.1) is 22.7 Å². The second-order valence-electron chi connectivity index (χ2n) is 7.32. The highest BCUT2D eigenvalue weighted by atomic mass is 16.5. The van der Waals surface area contributed by atoms with Gasteiger partial charge in [-0.15, -0.1) is 0 Å². The van der Waals surface area contributed by atoms with Gasteiger partial charge >= 0.3 is 0 Å². The highest BCUT2D eigenvalue weighted by Crippen LogP contribution is 2.22. The molecule has 150 valence electrons. The zero-order chi connectivity index (χ0) is 20.2. The number of Topliss-reactive ketones (excluding diaryl/α,β-unsaturated/α-hetero) is 1. The first-order valence-electron chi connectivity index (χ1n) is 9.81. The van der Waals surface area contributed by atoms with Gasteiger partial charge in [0.25, 0.3) is 5.56 Å². The van der Waals surface area contributed by atoms with E-state index >= 15 is 0 Å². The van der Waals surface area contributed by atoms with Gasteiger partial charge in [-0.2, -0.15) is 0 Å². The Balaban J connectivity index is 1.26. The van der Waals surface area contributed by atoms with Crippen molar-refractivity contribution in [3.63, 3.8) is 0 Å². The van der Waals surface area contributed by atoms with E-state index in [0.717, 1.165) is 0 Å². The van der Waals surface area contributed by atoms with Crippen LogP contribution in [0.1, 0.15) is 41.9 Å². The minimum Gasteiger partial charge on any atom is -0.364 e. The first kappa shape index (κ1) is 19.0. The number of benzene rings is 1. The van der Waals surface area contributed by atoms with E-state index in [1.807, 2.05) is 17.0 Å². The molecule has 2 aromatic heterocycles. The summed E-state index contributed by atoms with van der Waals surface area (Å²) in [6.45, 7) is 1.15. The summed E-state index contributed by atoms with van der Waals surface area (Å²) in [6.07, 6.45) is 5.63. The van der Waals surface area contributed by atoms with Crippen molar-refractivity contribution in [2.24, 2.45) is 5.92 Å². The number of carbonyl (C=O) groups excluding carboxylic acids is 2. The predicted octanol–water partition coefficient (Wildman–Crippen LogP) is 2.36. The fourth-order valence-corrected chi connectivity index (χ4v) is 3.77. The molecule has 0 atom stereocenters. The molecular weight excluding hydrogens is 372 g/mol. The average Bonchev–Trinajstić information content (AvgIpc) is 3.28. The van der Waals surface area contributed by atoms with E-state index in [1.165, 1.54) is 12.5 Å². The Kier molecular flexibility index (Phi) is 5.50. The lowest BCUT2D eigenvalue weighted by Crippen LogP contribution is -2.40. The Labute approximate surface area is 166 Å². The molecule has 1 saturated heterocycles. The average molecular weight is 394 g/mol. The number of likely N-dealkylation sites (tertiary alicyclic amines) is 1. The molecule has 0 unspecified atom stereocenters. The molecule has 1 aliphatic heterocycles. The lowest BCUT2D eigenvalue weighted by Gasteiger charge is -2.31. The molecule has 1 N–H and O–H groups in total. The van der Waals surface area contributed by atoms with Crippen LogP contribution in [0.4, 0.5) is 0 Å². The van der Waals surface area contributed by atoms with E-state index in [0.29, 0.717) is 67.5 Å². The summed E-state index contributed by atoms with van der Waals surface area (Å²) in [7, 11) is 0. The number of hydrogen-bond acceptors (Lipinski definition) is 6. The summed E-state index contributed by atoms with van der Waals surface area (Å²) in [6, 6.07) is 7.20. The summed E-state index contributed by atoms with van der Waals surface area (Å²) < 4.78 is 4.74. The number of H-pyrrole nitrogens is 1.